The lowest BCUT2D eigenvalue weighted by Crippen LogP contribution is -2.22. The minimum atomic E-state index is -0.316. The maximum absolute atomic E-state index is 13.0. The first kappa shape index (κ1) is 19.1. The third kappa shape index (κ3) is 4.19. The van der Waals surface area contributed by atoms with Crippen molar-refractivity contribution in [2.24, 2.45) is 0 Å². The highest BCUT2D eigenvalue weighted by Gasteiger charge is 2.31. The fourth-order valence-corrected chi connectivity index (χ4v) is 4.51. The first-order valence-electron chi connectivity index (χ1n) is 7.43. The highest BCUT2D eigenvalue weighted by atomic mass is 79.9. The smallest absolute Gasteiger partial charge is 0.293 e. The fraction of sp³-hybridized carbons (Fsp3) is 0.111. The first-order chi connectivity index (χ1) is 12.3. The van der Waals surface area contributed by atoms with E-state index in [9.17, 15) is 14.0 Å². The number of benzene rings is 2. The average Bonchev–Trinajstić information content (AvgIpc) is 2.83. The van der Waals surface area contributed by atoms with Crippen LogP contribution in [0.15, 0.2) is 50.2 Å². The van der Waals surface area contributed by atoms with Crippen molar-refractivity contribution in [3.8, 4) is 5.75 Å². The lowest BCUT2D eigenvalue weighted by atomic mass is 10.2. The molecule has 0 bridgehead atoms. The van der Waals surface area contributed by atoms with Crippen LogP contribution in [-0.4, -0.2) is 23.1 Å². The molecule has 1 heterocycles. The van der Waals surface area contributed by atoms with Crippen molar-refractivity contribution in [2.45, 2.75) is 6.61 Å². The predicted molar refractivity (Wildman–Crippen MR) is 106 cm³/mol. The summed E-state index contributed by atoms with van der Waals surface area (Å²) >= 11 is 7.82. The Labute approximate surface area is 170 Å². The molecule has 0 aliphatic carbocycles. The molecule has 0 spiro atoms. The zero-order valence-corrected chi connectivity index (χ0v) is 17.5. The van der Waals surface area contributed by atoms with Crippen molar-refractivity contribution < 1.29 is 18.7 Å². The number of hydrogen-bond acceptors (Lipinski definition) is 4. The van der Waals surface area contributed by atoms with Gasteiger partial charge in [-0.2, -0.15) is 0 Å². The number of ether oxygens (including phenoxy) is 1. The Kier molecular flexibility index (Phi) is 5.84. The Morgan fingerprint density at radius 3 is 2.31 bits per heavy atom. The highest BCUT2D eigenvalue weighted by Crippen LogP contribution is 2.37. The van der Waals surface area contributed by atoms with Crippen LogP contribution in [0.25, 0.3) is 6.08 Å². The third-order valence-electron chi connectivity index (χ3n) is 3.60. The third-order valence-corrected chi connectivity index (χ3v) is 5.74. The maximum atomic E-state index is 13.0. The van der Waals surface area contributed by atoms with Crippen LogP contribution in [0.3, 0.4) is 0 Å². The molecule has 1 aliphatic rings. The summed E-state index contributed by atoms with van der Waals surface area (Å²) in [6.07, 6.45) is 1.66. The molecule has 134 valence electrons. The van der Waals surface area contributed by atoms with Gasteiger partial charge < -0.3 is 4.74 Å². The Morgan fingerprint density at radius 2 is 1.77 bits per heavy atom. The monoisotopic (exact) mass is 499 g/mol. The Balaban J connectivity index is 1.79. The average molecular weight is 501 g/mol. The van der Waals surface area contributed by atoms with Gasteiger partial charge in [0.15, 0.2) is 0 Å². The van der Waals surface area contributed by atoms with Gasteiger partial charge in [0.2, 0.25) is 0 Å². The summed E-state index contributed by atoms with van der Waals surface area (Å²) in [6.45, 7) is 0.283. The number of hydrogen-bond donors (Lipinski definition) is 0. The number of imide groups is 1. The molecule has 3 rings (SSSR count). The SMILES string of the molecule is CN1C(=O)S/C(=C\c2cc(Br)c(OCc3ccc(F)cc3)c(Br)c2)C1=O. The lowest BCUT2D eigenvalue weighted by molar-refractivity contribution is -0.121. The van der Waals surface area contributed by atoms with E-state index < -0.39 is 0 Å². The second-order valence-electron chi connectivity index (χ2n) is 5.47. The molecule has 1 saturated heterocycles. The molecule has 26 heavy (non-hydrogen) atoms. The van der Waals surface area contributed by atoms with E-state index >= 15 is 0 Å². The number of carbonyl (C=O) groups excluding carboxylic acids is 2. The summed E-state index contributed by atoms with van der Waals surface area (Å²) in [5.41, 5.74) is 1.59. The molecule has 0 unspecified atom stereocenters. The van der Waals surface area contributed by atoms with Crippen LogP contribution in [0.4, 0.5) is 9.18 Å². The van der Waals surface area contributed by atoms with Gasteiger partial charge >= 0.3 is 0 Å². The second-order valence-corrected chi connectivity index (χ2v) is 8.17. The summed E-state index contributed by atoms with van der Waals surface area (Å²) in [7, 11) is 1.46. The van der Waals surface area contributed by atoms with Crippen molar-refractivity contribution in [2.75, 3.05) is 7.05 Å². The molecular weight excluding hydrogens is 489 g/mol. The molecule has 8 heteroatoms. The zero-order valence-electron chi connectivity index (χ0n) is 13.5. The normalized spacial score (nSPS) is 15.8. The standard InChI is InChI=1S/C18H12Br2FNO3S/c1-22-17(23)15(26-18(22)24)8-11-6-13(19)16(14(20)7-11)25-9-10-2-4-12(21)5-3-10/h2-8H,9H2,1H3/b15-8-. The molecule has 0 saturated carbocycles. The van der Waals surface area contributed by atoms with Crippen LogP contribution in [0, 0.1) is 5.82 Å². The van der Waals surface area contributed by atoms with E-state index in [1.807, 2.05) is 0 Å². The van der Waals surface area contributed by atoms with E-state index in [4.69, 9.17) is 4.74 Å². The number of likely N-dealkylation sites (N-methyl/N-ethyl adjacent to an activating group) is 1. The van der Waals surface area contributed by atoms with Crippen LogP contribution >= 0.6 is 43.6 Å². The van der Waals surface area contributed by atoms with Gasteiger partial charge in [0.05, 0.1) is 13.9 Å². The van der Waals surface area contributed by atoms with Gasteiger partial charge in [-0.15, -0.1) is 0 Å². The summed E-state index contributed by atoms with van der Waals surface area (Å²) in [6, 6.07) is 9.68. The lowest BCUT2D eigenvalue weighted by Gasteiger charge is -2.11. The quantitative estimate of drug-likeness (QED) is 0.513. The van der Waals surface area contributed by atoms with E-state index in [1.54, 1.807) is 30.3 Å². The van der Waals surface area contributed by atoms with Crippen LogP contribution in [0.1, 0.15) is 11.1 Å². The minimum absolute atomic E-state index is 0.283. The van der Waals surface area contributed by atoms with Crippen molar-refractivity contribution in [3.05, 3.63) is 67.2 Å². The topological polar surface area (TPSA) is 46.6 Å². The number of halogens is 3. The van der Waals surface area contributed by atoms with Crippen molar-refractivity contribution in [1.82, 2.24) is 4.90 Å². The summed E-state index contributed by atoms with van der Waals surface area (Å²) < 4.78 is 20.1. The summed E-state index contributed by atoms with van der Waals surface area (Å²) in [4.78, 5) is 25.0. The van der Waals surface area contributed by atoms with Gasteiger partial charge in [-0.05, 0) is 85.1 Å². The van der Waals surface area contributed by atoms with E-state index in [0.717, 1.165) is 27.8 Å². The molecule has 0 aromatic heterocycles. The molecule has 1 fully saturated rings. The van der Waals surface area contributed by atoms with Gasteiger partial charge in [-0.25, -0.2) is 4.39 Å². The molecule has 2 amide bonds. The first-order valence-corrected chi connectivity index (χ1v) is 9.83. The number of thioether (sulfide) groups is 1. The number of rotatable bonds is 4. The Hall–Kier alpha value is -1.64. The van der Waals surface area contributed by atoms with Crippen molar-refractivity contribution in [1.29, 1.82) is 0 Å². The number of nitrogens with zero attached hydrogens (tertiary/aromatic N) is 1. The van der Waals surface area contributed by atoms with E-state index in [0.29, 0.717) is 19.6 Å². The summed E-state index contributed by atoms with van der Waals surface area (Å²) in [5, 5.41) is -0.293. The second kappa shape index (κ2) is 7.94. The Bertz CT molecular complexity index is 892. The maximum Gasteiger partial charge on any atom is 0.293 e. The van der Waals surface area contributed by atoms with E-state index in [2.05, 4.69) is 31.9 Å². The van der Waals surface area contributed by atoms with Gasteiger partial charge in [0.25, 0.3) is 11.1 Å². The van der Waals surface area contributed by atoms with E-state index in [-0.39, 0.29) is 23.6 Å². The van der Waals surface area contributed by atoms with Gasteiger partial charge in [-0.3, -0.25) is 14.5 Å². The Morgan fingerprint density at radius 1 is 1.15 bits per heavy atom. The molecule has 2 aromatic rings. The van der Waals surface area contributed by atoms with Gasteiger partial charge in [0.1, 0.15) is 18.2 Å². The van der Waals surface area contributed by atoms with Crippen LogP contribution in [-0.2, 0) is 11.4 Å². The predicted octanol–water partition coefficient (Wildman–Crippen LogP) is 5.60. The van der Waals surface area contributed by atoms with Gasteiger partial charge in [0, 0.05) is 7.05 Å². The molecular formula is C18H12Br2FNO3S. The van der Waals surface area contributed by atoms with Gasteiger partial charge in [-0.1, -0.05) is 12.1 Å². The minimum Gasteiger partial charge on any atom is -0.487 e. The van der Waals surface area contributed by atoms with Crippen LogP contribution in [0.2, 0.25) is 0 Å². The highest BCUT2D eigenvalue weighted by molar-refractivity contribution is 9.11. The van der Waals surface area contributed by atoms with E-state index in [1.165, 1.54) is 19.2 Å². The molecule has 0 N–H and O–H groups in total. The largest absolute Gasteiger partial charge is 0.487 e. The summed E-state index contributed by atoms with van der Waals surface area (Å²) in [5.74, 6) is -0.0177. The molecule has 4 nitrogen and oxygen atoms in total. The molecule has 2 aromatic carbocycles. The fourth-order valence-electron chi connectivity index (χ4n) is 2.23. The molecule has 1 aliphatic heterocycles. The number of amides is 2. The van der Waals surface area contributed by atoms with Crippen molar-refractivity contribution >= 4 is 60.8 Å². The van der Waals surface area contributed by atoms with Crippen LogP contribution < -0.4 is 4.74 Å². The van der Waals surface area contributed by atoms with Crippen molar-refractivity contribution in [3.63, 3.8) is 0 Å². The molecule has 0 radical (unpaired) electrons. The molecule has 0 atom stereocenters. The number of carbonyl (C=O) groups is 2. The van der Waals surface area contributed by atoms with Crippen LogP contribution in [0.5, 0.6) is 5.75 Å². The zero-order chi connectivity index (χ0) is 18.8.